The first kappa shape index (κ1) is 23.0. The molecule has 1 N–H and O–H groups in total. The van der Waals surface area contributed by atoms with Gasteiger partial charge in [0.2, 0.25) is 16.8 Å². The second-order valence-electron chi connectivity index (χ2n) is 7.78. The number of sulfonamides is 1. The van der Waals surface area contributed by atoms with Crippen molar-refractivity contribution in [1.82, 2.24) is 14.5 Å². The third-order valence-corrected chi connectivity index (χ3v) is 7.33. The number of hydrogen-bond donors (Lipinski definition) is 1. The number of piperazine rings is 1. The van der Waals surface area contributed by atoms with Crippen molar-refractivity contribution < 1.29 is 32.2 Å². The molecule has 33 heavy (non-hydrogen) atoms. The van der Waals surface area contributed by atoms with E-state index in [1.165, 1.54) is 28.6 Å². The average Bonchev–Trinajstić information content (AvgIpc) is 3.29. The summed E-state index contributed by atoms with van der Waals surface area (Å²) in [5.74, 6) is 0.00125. The van der Waals surface area contributed by atoms with E-state index in [0.29, 0.717) is 37.7 Å². The quantitative estimate of drug-likeness (QED) is 0.586. The van der Waals surface area contributed by atoms with E-state index >= 15 is 0 Å². The number of carbonyl (C=O) groups excluding carboxylic acids is 2. The van der Waals surface area contributed by atoms with Gasteiger partial charge < -0.3 is 24.4 Å². The van der Waals surface area contributed by atoms with Crippen molar-refractivity contribution in [3.05, 3.63) is 53.6 Å². The van der Waals surface area contributed by atoms with Crippen LogP contribution < -0.4 is 14.8 Å². The molecule has 2 heterocycles. The molecule has 1 amide bonds. The van der Waals surface area contributed by atoms with Crippen LogP contribution in [0.2, 0.25) is 0 Å². The molecule has 0 aromatic heterocycles. The Balaban J connectivity index is 1.31. The number of benzene rings is 2. The van der Waals surface area contributed by atoms with Gasteiger partial charge in [0.1, 0.15) is 0 Å². The zero-order valence-corrected chi connectivity index (χ0v) is 19.0. The maximum atomic E-state index is 12.9. The van der Waals surface area contributed by atoms with Crippen molar-refractivity contribution in [3.63, 3.8) is 0 Å². The number of nitrogens with zero attached hydrogens (tertiary/aromatic N) is 2. The number of fused-ring (bicyclic) bond motifs is 1. The van der Waals surface area contributed by atoms with Gasteiger partial charge in [0.05, 0.1) is 10.5 Å². The fourth-order valence-corrected chi connectivity index (χ4v) is 4.95. The van der Waals surface area contributed by atoms with Gasteiger partial charge in [-0.05, 0) is 42.9 Å². The van der Waals surface area contributed by atoms with Gasteiger partial charge in [0.15, 0.2) is 18.1 Å². The van der Waals surface area contributed by atoms with E-state index in [1.807, 2.05) is 7.05 Å². The Bertz CT molecular complexity index is 1140. The lowest BCUT2D eigenvalue weighted by molar-refractivity contribution is -0.124. The van der Waals surface area contributed by atoms with Gasteiger partial charge in [0.25, 0.3) is 5.91 Å². The molecule has 0 aliphatic carbocycles. The maximum Gasteiger partial charge on any atom is 0.338 e. The van der Waals surface area contributed by atoms with E-state index in [0.717, 1.165) is 5.56 Å². The van der Waals surface area contributed by atoms with Crippen LogP contribution in [0, 0.1) is 0 Å². The molecule has 176 valence electrons. The van der Waals surface area contributed by atoms with E-state index in [4.69, 9.17) is 14.2 Å². The molecule has 0 spiro atoms. The number of nitrogens with one attached hydrogen (secondary N) is 1. The topological polar surface area (TPSA) is 114 Å². The molecule has 11 heteroatoms. The molecule has 1 fully saturated rings. The maximum absolute atomic E-state index is 12.9. The molecule has 0 unspecified atom stereocenters. The fraction of sp³-hybridized carbons (Fsp3) is 0.364. The molecular formula is C22H25N3O7S. The van der Waals surface area contributed by atoms with E-state index in [9.17, 15) is 18.0 Å². The van der Waals surface area contributed by atoms with Crippen LogP contribution in [-0.4, -0.2) is 76.1 Å². The zero-order chi connectivity index (χ0) is 23.4. The van der Waals surface area contributed by atoms with Crippen molar-refractivity contribution >= 4 is 21.9 Å². The largest absolute Gasteiger partial charge is 0.454 e. The van der Waals surface area contributed by atoms with Gasteiger partial charge in [-0.15, -0.1) is 0 Å². The summed E-state index contributed by atoms with van der Waals surface area (Å²) >= 11 is 0. The Morgan fingerprint density at radius 2 is 1.79 bits per heavy atom. The highest BCUT2D eigenvalue weighted by molar-refractivity contribution is 7.89. The molecule has 2 aromatic carbocycles. The molecule has 2 aromatic rings. The number of ether oxygens (including phenoxy) is 3. The van der Waals surface area contributed by atoms with Crippen LogP contribution >= 0.6 is 0 Å². The third kappa shape index (κ3) is 5.44. The van der Waals surface area contributed by atoms with Gasteiger partial charge in [-0.25, -0.2) is 13.2 Å². The Labute approximate surface area is 192 Å². The smallest absolute Gasteiger partial charge is 0.338 e. The molecule has 0 atom stereocenters. The minimum atomic E-state index is -3.72. The number of esters is 1. The summed E-state index contributed by atoms with van der Waals surface area (Å²) in [7, 11) is -1.78. The first-order valence-corrected chi connectivity index (χ1v) is 11.9. The summed E-state index contributed by atoms with van der Waals surface area (Å²) in [5.41, 5.74) is 0.870. The number of hydrogen-bond acceptors (Lipinski definition) is 8. The predicted octanol–water partition coefficient (Wildman–Crippen LogP) is 0.825. The molecule has 0 saturated carbocycles. The van der Waals surface area contributed by atoms with Crippen molar-refractivity contribution in [2.75, 3.05) is 46.6 Å². The molecular weight excluding hydrogens is 450 g/mol. The summed E-state index contributed by atoms with van der Waals surface area (Å²) in [4.78, 5) is 26.6. The van der Waals surface area contributed by atoms with Crippen LogP contribution in [0.5, 0.6) is 11.5 Å². The Hall–Kier alpha value is -3.15. The second kappa shape index (κ2) is 9.77. The summed E-state index contributed by atoms with van der Waals surface area (Å²) in [6.07, 6.45) is 0. The van der Waals surface area contributed by atoms with Crippen molar-refractivity contribution in [2.24, 2.45) is 0 Å². The second-order valence-corrected chi connectivity index (χ2v) is 9.71. The van der Waals surface area contributed by atoms with Crippen LogP contribution in [0.25, 0.3) is 0 Å². The fourth-order valence-electron chi connectivity index (χ4n) is 3.48. The number of rotatable bonds is 7. The number of carbonyl (C=O) groups is 2. The van der Waals surface area contributed by atoms with Crippen molar-refractivity contribution in [3.8, 4) is 11.5 Å². The third-order valence-electron chi connectivity index (χ3n) is 5.43. The number of likely N-dealkylation sites (N-methyl/N-ethyl adjacent to an activating group) is 1. The van der Waals surface area contributed by atoms with Crippen molar-refractivity contribution in [2.45, 2.75) is 11.4 Å². The first-order valence-electron chi connectivity index (χ1n) is 10.4. The molecule has 0 radical (unpaired) electrons. The SMILES string of the molecule is CN1CCN(S(=O)(=O)c2cccc(C(=O)OCC(=O)NCc3ccc4c(c3)OCO4)c2)CC1. The van der Waals surface area contributed by atoms with Gasteiger partial charge in [-0.2, -0.15) is 4.31 Å². The summed E-state index contributed by atoms with van der Waals surface area (Å²) < 4.78 is 42.8. The molecule has 4 rings (SSSR count). The minimum absolute atomic E-state index is 0.0220. The van der Waals surface area contributed by atoms with Gasteiger partial charge in [-0.1, -0.05) is 12.1 Å². The molecule has 0 bridgehead atoms. The van der Waals surface area contributed by atoms with Crippen LogP contribution in [0.3, 0.4) is 0 Å². The van der Waals surface area contributed by atoms with Crippen molar-refractivity contribution in [1.29, 1.82) is 0 Å². The molecule has 2 aliphatic heterocycles. The van der Waals surface area contributed by atoms with Gasteiger partial charge >= 0.3 is 5.97 Å². The zero-order valence-electron chi connectivity index (χ0n) is 18.2. The summed E-state index contributed by atoms with van der Waals surface area (Å²) in [5, 5.41) is 2.66. The van der Waals surface area contributed by atoms with Crippen LogP contribution in [-0.2, 0) is 26.1 Å². The first-order chi connectivity index (χ1) is 15.8. The highest BCUT2D eigenvalue weighted by Gasteiger charge is 2.28. The van der Waals surface area contributed by atoms with Gasteiger partial charge in [-0.3, -0.25) is 4.79 Å². The standard InChI is InChI=1S/C22H25N3O7S/c1-24-7-9-25(10-8-24)33(28,29)18-4-2-3-17(12-18)22(27)30-14-21(26)23-13-16-5-6-19-20(11-16)32-15-31-19/h2-6,11-12H,7-10,13-15H2,1H3,(H,23,26). The minimum Gasteiger partial charge on any atom is -0.454 e. The average molecular weight is 476 g/mol. The highest BCUT2D eigenvalue weighted by atomic mass is 32.2. The van der Waals surface area contributed by atoms with E-state index in [2.05, 4.69) is 10.2 Å². The lowest BCUT2D eigenvalue weighted by Gasteiger charge is -2.31. The Kier molecular flexibility index (Phi) is 6.82. The normalized spacial score (nSPS) is 16.4. The predicted molar refractivity (Wildman–Crippen MR) is 117 cm³/mol. The lowest BCUT2D eigenvalue weighted by atomic mass is 10.2. The lowest BCUT2D eigenvalue weighted by Crippen LogP contribution is -2.47. The van der Waals surface area contributed by atoms with Gasteiger partial charge in [0, 0.05) is 32.7 Å². The summed E-state index contributed by atoms with van der Waals surface area (Å²) in [6.45, 7) is 1.96. The molecule has 1 saturated heterocycles. The molecule has 10 nitrogen and oxygen atoms in total. The van der Waals surface area contributed by atoms with Crippen LogP contribution in [0.1, 0.15) is 15.9 Å². The van der Waals surface area contributed by atoms with E-state index < -0.39 is 28.5 Å². The summed E-state index contributed by atoms with van der Waals surface area (Å²) in [6, 6.07) is 11.0. The van der Waals surface area contributed by atoms with Crippen LogP contribution in [0.15, 0.2) is 47.4 Å². The Morgan fingerprint density at radius 1 is 1.03 bits per heavy atom. The highest BCUT2D eigenvalue weighted by Crippen LogP contribution is 2.32. The van der Waals surface area contributed by atoms with E-state index in [-0.39, 0.29) is 23.8 Å². The molecule has 2 aliphatic rings. The monoisotopic (exact) mass is 475 g/mol. The Morgan fingerprint density at radius 3 is 2.58 bits per heavy atom. The van der Waals surface area contributed by atoms with Crippen LogP contribution in [0.4, 0.5) is 0 Å². The van der Waals surface area contributed by atoms with E-state index in [1.54, 1.807) is 18.2 Å². The number of amides is 1.